The summed E-state index contributed by atoms with van der Waals surface area (Å²) in [6, 6.07) is 6.91. The van der Waals surface area contributed by atoms with Crippen molar-refractivity contribution in [2.45, 2.75) is 4.90 Å². The normalized spacial score (nSPS) is 9.73. The van der Waals surface area contributed by atoms with Crippen LogP contribution < -0.4 is 0 Å². The number of esters is 1. The summed E-state index contributed by atoms with van der Waals surface area (Å²) < 4.78 is 4.61. The predicted molar refractivity (Wildman–Crippen MR) is 59.4 cm³/mol. The molecule has 0 atom stereocenters. The molecular weight excluding hydrogens is 236 g/mol. The summed E-state index contributed by atoms with van der Waals surface area (Å²) in [5, 5.41) is -0.445. The second-order valence-electron chi connectivity index (χ2n) is 2.63. The lowest BCUT2D eigenvalue weighted by molar-refractivity contribution is -0.109. The summed E-state index contributed by atoms with van der Waals surface area (Å²) in [6.45, 7) is 0. The predicted octanol–water partition coefficient (Wildman–Crippen LogP) is 2.33. The second kappa shape index (κ2) is 5.78. The first-order chi connectivity index (χ1) is 7.15. The summed E-state index contributed by atoms with van der Waals surface area (Å²) in [5.41, 5.74) is 0.447. The van der Waals surface area contributed by atoms with Crippen molar-refractivity contribution < 1.29 is 14.3 Å². The highest BCUT2D eigenvalue weighted by Crippen LogP contribution is 2.23. The highest BCUT2D eigenvalue weighted by atomic mass is 35.5. The molecule has 0 saturated carbocycles. The first kappa shape index (κ1) is 12.1. The summed E-state index contributed by atoms with van der Waals surface area (Å²) >= 11 is 6.43. The van der Waals surface area contributed by atoms with Gasteiger partial charge < -0.3 is 4.74 Å². The van der Waals surface area contributed by atoms with Crippen LogP contribution in [-0.2, 0) is 9.53 Å². The van der Waals surface area contributed by atoms with Gasteiger partial charge in [-0.1, -0.05) is 12.1 Å². The van der Waals surface area contributed by atoms with E-state index in [0.717, 1.165) is 0 Å². The molecule has 0 saturated heterocycles. The third-order valence-electron chi connectivity index (χ3n) is 1.63. The molecule has 0 bridgehead atoms. The third-order valence-corrected chi connectivity index (χ3v) is 3.00. The molecule has 5 heteroatoms. The Morgan fingerprint density at radius 3 is 2.67 bits per heavy atom. The van der Waals surface area contributed by atoms with E-state index in [1.165, 1.54) is 18.9 Å². The van der Waals surface area contributed by atoms with Crippen molar-refractivity contribution in [3.63, 3.8) is 0 Å². The van der Waals surface area contributed by atoms with Gasteiger partial charge in [0.25, 0.3) is 0 Å². The molecular formula is C10H9ClO3S. The van der Waals surface area contributed by atoms with Gasteiger partial charge in [0, 0.05) is 4.90 Å². The van der Waals surface area contributed by atoms with Gasteiger partial charge in [0.2, 0.25) is 5.24 Å². The number of thioether (sulfide) groups is 1. The highest BCUT2D eigenvalue weighted by Gasteiger charge is 2.11. The van der Waals surface area contributed by atoms with Crippen LogP contribution in [0.25, 0.3) is 0 Å². The van der Waals surface area contributed by atoms with Crippen LogP contribution in [0.2, 0.25) is 0 Å². The fourth-order valence-electron chi connectivity index (χ4n) is 1.01. The fourth-order valence-corrected chi connectivity index (χ4v) is 1.92. The number of hydrogen-bond donors (Lipinski definition) is 0. The van der Waals surface area contributed by atoms with Gasteiger partial charge in [-0.05, 0) is 23.7 Å². The Morgan fingerprint density at radius 2 is 2.07 bits per heavy atom. The molecule has 0 spiro atoms. The Bertz CT molecular complexity index is 379. The van der Waals surface area contributed by atoms with Crippen molar-refractivity contribution in [2.75, 3.05) is 12.9 Å². The monoisotopic (exact) mass is 244 g/mol. The average molecular weight is 245 g/mol. The lowest BCUT2D eigenvalue weighted by Crippen LogP contribution is -2.03. The molecule has 1 rings (SSSR count). The number of benzene rings is 1. The lowest BCUT2D eigenvalue weighted by Gasteiger charge is -2.05. The van der Waals surface area contributed by atoms with Gasteiger partial charge in [-0.3, -0.25) is 4.79 Å². The van der Waals surface area contributed by atoms with Crippen LogP contribution in [0.4, 0.5) is 0 Å². The van der Waals surface area contributed by atoms with Crippen LogP contribution in [-0.4, -0.2) is 24.1 Å². The van der Waals surface area contributed by atoms with Crippen LogP contribution >= 0.6 is 23.4 Å². The van der Waals surface area contributed by atoms with Gasteiger partial charge >= 0.3 is 5.97 Å². The average Bonchev–Trinajstić information content (AvgIpc) is 2.25. The van der Waals surface area contributed by atoms with Crippen molar-refractivity contribution in [3.05, 3.63) is 29.8 Å². The maximum Gasteiger partial charge on any atom is 0.338 e. The van der Waals surface area contributed by atoms with E-state index in [2.05, 4.69) is 4.74 Å². The smallest absolute Gasteiger partial charge is 0.338 e. The van der Waals surface area contributed by atoms with Gasteiger partial charge in [-0.25, -0.2) is 4.79 Å². The number of ether oxygens (including phenoxy) is 1. The molecule has 0 unspecified atom stereocenters. The van der Waals surface area contributed by atoms with Crippen LogP contribution in [0, 0.1) is 0 Å². The van der Waals surface area contributed by atoms with Gasteiger partial charge in [-0.15, -0.1) is 11.8 Å². The molecule has 1 aromatic carbocycles. The Hall–Kier alpha value is -1.00. The number of methoxy groups -OCH3 is 1. The Morgan fingerprint density at radius 1 is 1.40 bits per heavy atom. The largest absolute Gasteiger partial charge is 0.465 e. The minimum atomic E-state index is -0.445. The van der Waals surface area contributed by atoms with Crippen LogP contribution in [0.5, 0.6) is 0 Å². The molecule has 0 aliphatic carbocycles. The van der Waals surface area contributed by atoms with E-state index in [1.54, 1.807) is 24.3 Å². The Kier molecular flexibility index (Phi) is 4.65. The van der Waals surface area contributed by atoms with Crippen molar-refractivity contribution in [1.29, 1.82) is 0 Å². The highest BCUT2D eigenvalue weighted by molar-refractivity contribution is 8.00. The first-order valence-electron chi connectivity index (χ1n) is 4.13. The minimum Gasteiger partial charge on any atom is -0.465 e. The van der Waals surface area contributed by atoms with E-state index in [9.17, 15) is 9.59 Å². The first-order valence-corrected chi connectivity index (χ1v) is 5.50. The third kappa shape index (κ3) is 3.57. The molecule has 3 nitrogen and oxygen atoms in total. The molecule has 0 fully saturated rings. The fraction of sp³-hybridized carbons (Fsp3) is 0.200. The zero-order chi connectivity index (χ0) is 11.3. The molecule has 0 amide bonds. The molecule has 0 aliphatic rings. The summed E-state index contributed by atoms with van der Waals surface area (Å²) in [5.74, 6) is -0.282. The number of carbonyl (C=O) groups excluding carboxylic acids is 2. The van der Waals surface area contributed by atoms with Gasteiger partial charge in [0.05, 0.1) is 18.4 Å². The van der Waals surface area contributed by atoms with Crippen LogP contribution in [0.15, 0.2) is 29.2 Å². The molecule has 0 N–H and O–H groups in total. The molecule has 15 heavy (non-hydrogen) atoms. The second-order valence-corrected chi connectivity index (χ2v) is 4.07. The van der Waals surface area contributed by atoms with E-state index in [0.29, 0.717) is 10.5 Å². The SMILES string of the molecule is COC(=O)c1ccccc1SCC(=O)Cl. The zero-order valence-electron chi connectivity index (χ0n) is 8.03. The standard InChI is InChI=1S/C10H9ClO3S/c1-14-10(13)7-4-2-3-5-8(7)15-6-9(11)12/h2-5H,6H2,1H3. The Balaban J connectivity index is 2.86. The number of carbonyl (C=O) groups is 2. The lowest BCUT2D eigenvalue weighted by atomic mass is 10.2. The maximum atomic E-state index is 11.3. The van der Waals surface area contributed by atoms with Crippen molar-refractivity contribution >= 4 is 34.6 Å². The minimum absolute atomic E-state index is 0.134. The molecule has 80 valence electrons. The van der Waals surface area contributed by atoms with E-state index in [4.69, 9.17) is 11.6 Å². The molecule has 1 aromatic rings. The van der Waals surface area contributed by atoms with Crippen molar-refractivity contribution in [2.24, 2.45) is 0 Å². The Labute approximate surface area is 96.8 Å². The van der Waals surface area contributed by atoms with Gasteiger partial charge in [-0.2, -0.15) is 0 Å². The van der Waals surface area contributed by atoms with E-state index < -0.39 is 11.2 Å². The van der Waals surface area contributed by atoms with Gasteiger partial charge in [0.1, 0.15) is 0 Å². The number of hydrogen-bond acceptors (Lipinski definition) is 4. The number of halogens is 1. The van der Waals surface area contributed by atoms with E-state index in [1.807, 2.05) is 0 Å². The quantitative estimate of drug-likeness (QED) is 0.463. The van der Waals surface area contributed by atoms with E-state index >= 15 is 0 Å². The maximum absolute atomic E-state index is 11.3. The molecule has 0 heterocycles. The molecule has 0 aromatic heterocycles. The topological polar surface area (TPSA) is 43.4 Å². The summed E-state index contributed by atoms with van der Waals surface area (Å²) in [4.78, 5) is 22.6. The van der Waals surface area contributed by atoms with Gasteiger partial charge in [0.15, 0.2) is 0 Å². The summed E-state index contributed by atoms with van der Waals surface area (Å²) in [7, 11) is 1.32. The number of rotatable bonds is 4. The molecule has 0 radical (unpaired) electrons. The van der Waals surface area contributed by atoms with Crippen LogP contribution in [0.3, 0.4) is 0 Å². The van der Waals surface area contributed by atoms with Crippen molar-refractivity contribution in [1.82, 2.24) is 0 Å². The summed E-state index contributed by atoms with van der Waals surface area (Å²) in [6.07, 6.45) is 0. The van der Waals surface area contributed by atoms with Crippen molar-refractivity contribution in [3.8, 4) is 0 Å². The zero-order valence-corrected chi connectivity index (χ0v) is 9.60. The molecule has 0 aliphatic heterocycles. The van der Waals surface area contributed by atoms with Crippen LogP contribution in [0.1, 0.15) is 10.4 Å². The van der Waals surface area contributed by atoms with E-state index in [-0.39, 0.29) is 5.75 Å².